The lowest BCUT2D eigenvalue weighted by Crippen LogP contribution is -2.11. The molecule has 8 aromatic rings. The van der Waals surface area contributed by atoms with Gasteiger partial charge in [-0.2, -0.15) is 0 Å². The van der Waals surface area contributed by atoms with Gasteiger partial charge in [0.1, 0.15) is 11.6 Å². The Morgan fingerprint density at radius 3 is 2.04 bits per heavy atom. The number of para-hydroxylation sites is 1. The number of imidazole rings is 1. The molecule has 0 aliphatic rings. The number of aromatic nitrogens is 3. The van der Waals surface area contributed by atoms with Crippen LogP contribution in [0.15, 0.2) is 134 Å². The van der Waals surface area contributed by atoms with E-state index in [1.54, 1.807) is 0 Å². The summed E-state index contributed by atoms with van der Waals surface area (Å²) in [5.74, 6) is 0.945. The van der Waals surface area contributed by atoms with Gasteiger partial charge < -0.3 is 5.11 Å². The van der Waals surface area contributed by atoms with E-state index in [9.17, 15) is 5.11 Å². The number of aromatic hydroxyl groups is 1. The molecule has 2 heterocycles. The second-order valence-electron chi connectivity index (χ2n) is 16.1. The average Bonchev–Trinajstić information content (AvgIpc) is 3.57. The monoisotopic (exact) mass is 717 g/mol. The number of hydrogen-bond donors (Lipinski definition) is 1. The van der Waals surface area contributed by atoms with Crippen molar-refractivity contribution >= 4 is 11.0 Å². The third-order valence-electron chi connectivity index (χ3n) is 10.9. The maximum atomic E-state index is 11.6. The number of fused-ring (bicyclic) bond motifs is 1. The van der Waals surface area contributed by atoms with E-state index in [-0.39, 0.29) is 11.2 Å². The van der Waals surface area contributed by atoms with Crippen LogP contribution in [-0.2, 0) is 5.41 Å². The van der Waals surface area contributed by atoms with Gasteiger partial charge in [0.05, 0.1) is 22.3 Å². The molecular weight excluding hydrogens is 671 g/mol. The van der Waals surface area contributed by atoms with Crippen molar-refractivity contribution in [1.82, 2.24) is 14.5 Å². The third kappa shape index (κ3) is 6.74. The fourth-order valence-corrected chi connectivity index (χ4v) is 7.67. The molecule has 0 radical (unpaired) electrons. The average molecular weight is 718 g/mol. The van der Waals surface area contributed by atoms with Gasteiger partial charge in [-0.05, 0) is 144 Å². The fourth-order valence-electron chi connectivity index (χ4n) is 7.67. The minimum atomic E-state index is -0.115. The maximum absolute atomic E-state index is 11.6. The van der Waals surface area contributed by atoms with Crippen LogP contribution in [0.4, 0.5) is 0 Å². The third-order valence-corrected chi connectivity index (χ3v) is 10.9. The highest BCUT2D eigenvalue weighted by Crippen LogP contribution is 2.42. The van der Waals surface area contributed by atoms with Gasteiger partial charge >= 0.3 is 0 Å². The van der Waals surface area contributed by atoms with Crippen LogP contribution in [0.2, 0.25) is 0 Å². The van der Waals surface area contributed by atoms with E-state index in [2.05, 4.69) is 168 Å². The van der Waals surface area contributed by atoms with Crippen LogP contribution in [0, 0.1) is 34.6 Å². The number of hydrogen-bond acceptors (Lipinski definition) is 3. The van der Waals surface area contributed by atoms with E-state index < -0.39 is 0 Å². The zero-order valence-electron chi connectivity index (χ0n) is 33.0. The van der Waals surface area contributed by atoms with Gasteiger partial charge in [0.2, 0.25) is 0 Å². The van der Waals surface area contributed by atoms with Crippen LogP contribution >= 0.6 is 0 Å². The zero-order valence-corrected chi connectivity index (χ0v) is 33.0. The first-order valence-corrected chi connectivity index (χ1v) is 19.0. The quantitative estimate of drug-likeness (QED) is 0.186. The Bertz CT molecular complexity index is 2730. The number of aryl methyl sites for hydroxylation is 4. The van der Waals surface area contributed by atoms with Gasteiger partial charge in [-0.15, -0.1) is 0 Å². The number of pyridine rings is 1. The van der Waals surface area contributed by atoms with Crippen LogP contribution in [0.3, 0.4) is 0 Å². The van der Waals surface area contributed by atoms with Crippen molar-refractivity contribution in [3.8, 4) is 67.5 Å². The topological polar surface area (TPSA) is 50.9 Å². The van der Waals surface area contributed by atoms with E-state index in [1.807, 2.05) is 25.3 Å². The standard InChI is InChI=1S/C51H47N3O/c1-31-17-19-36(20-18-31)38-21-22-52-46(29-38)40-26-39(27-41(28-40)51(6,7)8)43-15-12-16-47-48(43)53-50(45-24-32(2)23-34(4)49(45)55)54(47)42-25-33(3)35(5)44(30-42)37-13-10-9-11-14-37/h9-30,55H,1-8H3. The summed E-state index contributed by atoms with van der Waals surface area (Å²) < 4.78 is 2.23. The predicted octanol–water partition coefficient (Wildman–Crippen LogP) is 13.3. The van der Waals surface area contributed by atoms with Gasteiger partial charge in [-0.1, -0.05) is 105 Å². The number of benzene rings is 6. The van der Waals surface area contributed by atoms with Gasteiger partial charge in [0.15, 0.2) is 0 Å². The lowest BCUT2D eigenvalue weighted by Gasteiger charge is -2.22. The number of nitrogens with zero attached hydrogens (tertiary/aromatic N) is 3. The fraction of sp³-hybridized carbons (Fsp3) is 0.176. The van der Waals surface area contributed by atoms with Crippen molar-refractivity contribution in [3.63, 3.8) is 0 Å². The summed E-state index contributed by atoms with van der Waals surface area (Å²) in [6, 6.07) is 45.3. The van der Waals surface area contributed by atoms with Gasteiger partial charge in [0.25, 0.3) is 0 Å². The molecule has 8 rings (SSSR count). The number of rotatable bonds is 6. The van der Waals surface area contributed by atoms with E-state index in [1.165, 1.54) is 33.4 Å². The van der Waals surface area contributed by atoms with Gasteiger partial charge in [-0.25, -0.2) is 4.98 Å². The molecule has 0 aliphatic carbocycles. The Morgan fingerprint density at radius 1 is 0.545 bits per heavy atom. The van der Waals surface area contributed by atoms with Crippen LogP contribution in [0.5, 0.6) is 5.75 Å². The Kier molecular flexibility index (Phi) is 9.01. The summed E-state index contributed by atoms with van der Waals surface area (Å²) in [6.07, 6.45) is 1.91. The molecule has 6 aromatic carbocycles. The molecule has 2 aromatic heterocycles. The first-order chi connectivity index (χ1) is 26.4. The van der Waals surface area contributed by atoms with Gasteiger partial charge in [0, 0.05) is 23.0 Å². The Balaban J connectivity index is 1.39. The first kappa shape index (κ1) is 35.8. The molecular formula is C51H47N3O. The normalized spacial score (nSPS) is 11.7. The smallest absolute Gasteiger partial charge is 0.149 e. The summed E-state index contributed by atoms with van der Waals surface area (Å²) in [4.78, 5) is 10.4. The molecule has 0 aliphatic heterocycles. The van der Waals surface area contributed by atoms with Crippen LogP contribution in [0.1, 0.15) is 54.2 Å². The van der Waals surface area contributed by atoms with E-state index >= 15 is 0 Å². The highest BCUT2D eigenvalue weighted by molar-refractivity contribution is 5.97. The molecule has 0 unspecified atom stereocenters. The predicted molar refractivity (Wildman–Crippen MR) is 230 cm³/mol. The Hall–Kier alpha value is -6.26. The van der Waals surface area contributed by atoms with Gasteiger partial charge in [-0.3, -0.25) is 9.55 Å². The summed E-state index contributed by atoms with van der Waals surface area (Å²) in [6.45, 7) is 17.3. The highest BCUT2D eigenvalue weighted by atomic mass is 16.3. The van der Waals surface area contributed by atoms with E-state index in [0.717, 1.165) is 61.4 Å². The molecule has 4 nitrogen and oxygen atoms in total. The van der Waals surface area contributed by atoms with Crippen LogP contribution in [-0.4, -0.2) is 19.6 Å². The highest BCUT2D eigenvalue weighted by Gasteiger charge is 2.24. The van der Waals surface area contributed by atoms with Crippen LogP contribution in [0.25, 0.3) is 72.7 Å². The second-order valence-corrected chi connectivity index (χ2v) is 16.1. The molecule has 0 atom stereocenters. The summed E-state index contributed by atoms with van der Waals surface area (Å²) in [7, 11) is 0. The van der Waals surface area contributed by atoms with Crippen molar-refractivity contribution in [2.75, 3.05) is 0 Å². The van der Waals surface area contributed by atoms with Crippen molar-refractivity contribution in [1.29, 1.82) is 0 Å². The molecule has 272 valence electrons. The van der Waals surface area contributed by atoms with E-state index in [4.69, 9.17) is 9.97 Å². The molecule has 0 amide bonds. The van der Waals surface area contributed by atoms with Crippen LogP contribution < -0.4 is 0 Å². The Labute approximate surface area is 324 Å². The second kappa shape index (κ2) is 13.9. The molecule has 0 spiro atoms. The molecule has 0 fully saturated rings. The minimum absolute atomic E-state index is 0.115. The SMILES string of the molecule is Cc1ccc(-c2ccnc(-c3cc(-c4cccc5c4nc(-c4cc(C)cc(C)c4O)n5-c4cc(C)c(C)c(-c5ccccc5)c4)cc(C(C)(C)C)c3)c2)cc1. The Morgan fingerprint density at radius 2 is 1.29 bits per heavy atom. The van der Waals surface area contributed by atoms with Crippen molar-refractivity contribution in [3.05, 3.63) is 167 Å². The summed E-state index contributed by atoms with van der Waals surface area (Å²) in [5, 5.41) is 11.6. The molecule has 55 heavy (non-hydrogen) atoms. The maximum Gasteiger partial charge on any atom is 0.149 e. The first-order valence-electron chi connectivity index (χ1n) is 19.0. The minimum Gasteiger partial charge on any atom is -0.507 e. The number of phenolic OH excluding ortho intramolecular Hbond substituents is 1. The largest absolute Gasteiger partial charge is 0.507 e. The zero-order chi connectivity index (χ0) is 38.6. The van der Waals surface area contributed by atoms with Crippen molar-refractivity contribution in [2.24, 2.45) is 0 Å². The number of phenols is 1. The molecule has 0 saturated heterocycles. The summed E-state index contributed by atoms with van der Waals surface area (Å²) in [5.41, 5.74) is 18.9. The molecule has 0 bridgehead atoms. The van der Waals surface area contributed by atoms with E-state index in [0.29, 0.717) is 11.4 Å². The van der Waals surface area contributed by atoms with Crippen molar-refractivity contribution in [2.45, 2.75) is 60.8 Å². The molecule has 0 saturated carbocycles. The summed E-state index contributed by atoms with van der Waals surface area (Å²) >= 11 is 0. The lowest BCUT2D eigenvalue weighted by molar-refractivity contribution is 0.472. The van der Waals surface area contributed by atoms with Crippen molar-refractivity contribution < 1.29 is 5.11 Å². The lowest BCUT2D eigenvalue weighted by atomic mass is 9.83. The molecule has 4 heteroatoms. The molecule has 1 N–H and O–H groups in total.